The molecule has 0 bridgehead atoms. The van der Waals surface area contributed by atoms with E-state index in [2.05, 4.69) is 36.2 Å². The van der Waals surface area contributed by atoms with Crippen molar-refractivity contribution in [2.24, 2.45) is 61.0 Å². The number of nitrogens with one attached hydrogen (secondary N) is 5. The lowest BCUT2D eigenvalue weighted by molar-refractivity contribution is -0.134. The molecule has 0 heterocycles. The van der Waals surface area contributed by atoms with Crippen LogP contribution in [0.25, 0.3) is 0 Å². The number of nitrogens with two attached hydrogens (primary N) is 7. The van der Waals surface area contributed by atoms with Gasteiger partial charge in [-0.3, -0.25) is 39.6 Å². The van der Waals surface area contributed by atoms with Crippen LogP contribution >= 0.6 is 0 Å². The average molecular weight is 702 g/mol. The fraction of sp³-hybridized carbons (Fsp3) is 0.548. The van der Waals surface area contributed by atoms with Gasteiger partial charge in [-0.15, -0.1) is 0 Å². The zero-order valence-corrected chi connectivity index (χ0v) is 28.9. The van der Waals surface area contributed by atoms with Crippen molar-refractivity contribution in [1.29, 1.82) is 5.41 Å². The molecule has 4 amide bonds. The molecule has 0 unspecified atom stereocenters. The van der Waals surface area contributed by atoms with Crippen molar-refractivity contribution in [2.75, 3.05) is 19.6 Å². The Morgan fingerprint density at radius 3 is 1.64 bits per heavy atom. The van der Waals surface area contributed by atoms with Crippen LogP contribution in [0.2, 0.25) is 0 Å². The molecule has 19 N–H and O–H groups in total. The van der Waals surface area contributed by atoms with E-state index in [1.165, 1.54) is 0 Å². The number of hydrogen-bond donors (Lipinski definition) is 12. The topological polar surface area (TPSA) is 359 Å². The molecule has 3 atom stereocenters. The third-order valence-electron chi connectivity index (χ3n) is 7.26. The number of aliphatic imine (C=N–C) groups is 3. The van der Waals surface area contributed by atoms with Crippen LogP contribution in [0.1, 0.15) is 69.9 Å². The van der Waals surface area contributed by atoms with Crippen molar-refractivity contribution in [2.45, 2.75) is 83.5 Å². The third-order valence-corrected chi connectivity index (χ3v) is 7.26. The van der Waals surface area contributed by atoms with Gasteiger partial charge in [0.05, 0.1) is 0 Å². The number of benzene rings is 1. The molecule has 50 heavy (non-hydrogen) atoms. The van der Waals surface area contributed by atoms with Crippen LogP contribution in [-0.4, -0.2) is 85.1 Å². The highest BCUT2D eigenvalue weighted by molar-refractivity contribution is 5.95. The Kier molecular flexibility index (Phi) is 19.4. The summed E-state index contributed by atoms with van der Waals surface area (Å²) in [5.41, 5.74) is 39.1. The lowest BCUT2D eigenvalue weighted by Crippen LogP contribution is -2.58. The third kappa shape index (κ3) is 18.1. The number of hydrogen-bond acceptors (Lipinski definition) is 8. The molecule has 0 aliphatic rings. The lowest BCUT2D eigenvalue weighted by atomic mass is 10.0. The van der Waals surface area contributed by atoms with Crippen molar-refractivity contribution < 1.29 is 19.2 Å². The lowest BCUT2D eigenvalue weighted by Gasteiger charge is -2.27. The Bertz CT molecular complexity index is 1350. The largest absolute Gasteiger partial charge is 0.384 e. The molecule has 0 fully saturated rings. The molecule has 0 saturated heterocycles. The summed E-state index contributed by atoms with van der Waals surface area (Å²) in [6, 6.07) is 3.77. The number of carbonyl (C=O) groups excluding carboxylic acids is 4. The van der Waals surface area contributed by atoms with Gasteiger partial charge in [0, 0.05) is 38.2 Å². The second-order valence-electron chi connectivity index (χ2n) is 11.9. The maximum atomic E-state index is 13.6. The highest BCUT2D eigenvalue weighted by Gasteiger charge is 2.31. The van der Waals surface area contributed by atoms with Crippen molar-refractivity contribution in [3.63, 3.8) is 0 Å². The number of carbonyl (C=O) groups is 4. The zero-order valence-electron chi connectivity index (χ0n) is 28.9. The van der Waals surface area contributed by atoms with Crippen molar-refractivity contribution in [1.82, 2.24) is 21.3 Å². The molecule has 1 aromatic carbocycles. The predicted molar refractivity (Wildman–Crippen MR) is 194 cm³/mol. The number of rotatable bonds is 23. The van der Waals surface area contributed by atoms with E-state index in [1.807, 2.05) is 0 Å². The number of amidine groups is 1. The van der Waals surface area contributed by atoms with Crippen LogP contribution in [0.4, 0.5) is 0 Å². The highest BCUT2D eigenvalue weighted by Crippen LogP contribution is 2.09. The molecule has 0 aliphatic carbocycles. The summed E-state index contributed by atoms with van der Waals surface area (Å²) >= 11 is 0. The van der Waals surface area contributed by atoms with E-state index in [0.29, 0.717) is 37.8 Å². The van der Waals surface area contributed by atoms with Crippen LogP contribution in [0.5, 0.6) is 0 Å². The minimum atomic E-state index is -1.05. The van der Waals surface area contributed by atoms with Gasteiger partial charge in [-0.2, -0.15) is 0 Å². The van der Waals surface area contributed by atoms with Crippen LogP contribution in [0.3, 0.4) is 0 Å². The number of amides is 4. The van der Waals surface area contributed by atoms with Crippen LogP contribution < -0.4 is 61.4 Å². The molecule has 0 aliphatic heterocycles. The fourth-order valence-electron chi connectivity index (χ4n) is 4.58. The first-order valence-electron chi connectivity index (χ1n) is 16.4. The summed E-state index contributed by atoms with van der Waals surface area (Å²) in [5, 5.41) is 18.6. The summed E-state index contributed by atoms with van der Waals surface area (Å²) in [4.78, 5) is 64.9. The second-order valence-corrected chi connectivity index (χ2v) is 11.9. The Balaban J connectivity index is 3.05. The van der Waals surface area contributed by atoms with Gasteiger partial charge in [-0.25, -0.2) is 0 Å². The second kappa shape index (κ2) is 22.9. The molecule has 1 rings (SSSR count). The summed E-state index contributed by atoms with van der Waals surface area (Å²) in [6.45, 7) is 4.46. The van der Waals surface area contributed by atoms with Crippen LogP contribution in [0, 0.1) is 11.3 Å². The molecule has 1 aromatic rings. The molecular formula is C31H55N15O4. The smallest absolute Gasteiger partial charge is 0.243 e. The maximum Gasteiger partial charge on any atom is 0.243 e. The van der Waals surface area contributed by atoms with Crippen molar-refractivity contribution in [3.8, 4) is 0 Å². The molecular weight excluding hydrogens is 646 g/mol. The van der Waals surface area contributed by atoms with Gasteiger partial charge in [-0.1, -0.05) is 38.1 Å². The molecule has 19 nitrogen and oxygen atoms in total. The first kappa shape index (κ1) is 42.4. The summed E-state index contributed by atoms with van der Waals surface area (Å²) in [7, 11) is 0. The Hall–Kier alpha value is -5.62. The maximum absolute atomic E-state index is 13.6. The Morgan fingerprint density at radius 2 is 1.16 bits per heavy atom. The normalized spacial score (nSPS) is 12.4. The predicted octanol–water partition coefficient (Wildman–Crippen LogP) is -2.75. The molecule has 0 spiro atoms. The first-order chi connectivity index (χ1) is 23.6. The number of nitrogen functional groups attached to an aromatic ring is 1. The van der Waals surface area contributed by atoms with Crippen molar-refractivity contribution >= 4 is 47.3 Å². The van der Waals surface area contributed by atoms with Crippen molar-refractivity contribution in [3.05, 3.63) is 35.4 Å². The van der Waals surface area contributed by atoms with Gasteiger partial charge in [0.15, 0.2) is 17.9 Å². The van der Waals surface area contributed by atoms with Gasteiger partial charge >= 0.3 is 0 Å². The van der Waals surface area contributed by atoms with Gasteiger partial charge in [0.2, 0.25) is 23.6 Å². The molecule has 19 heteroatoms. The number of unbranched alkanes of at least 4 members (excludes halogenated alkanes) is 1. The minimum Gasteiger partial charge on any atom is -0.384 e. The van der Waals surface area contributed by atoms with E-state index in [4.69, 9.17) is 45.5 Å². The van der Waals surface area contributed by atoms with E-state index in [1.54, 1.807) is 38.1 Å². The number of guanidine groups is 3. The fourth-order valence-corrected chi connectivity index (χ4v) is 4.58. The molecule has 0 radical (unpaired) electrons. The van der Waals surface area contributed by atoms with Gasteiger partial charge in [0.25, 0.3) is 0 Å². The quantitative estimate of drug-likeness (QED) is 0.0315. The summed E-state index contributed by atoms with van der Waals surface area (Å²) < 4.78 is 0. The van der Waals surface area contributed by atoms with Crippen LogP contribution in [-0.2, 0) is 25.7 Å². The molecule has 0 aromatic heterocycles. The van der Waals surface area contributed by atoms with Gasteiger partial charge in [0.1, 0.15) is 24.0 Å². The van der Waals surface area contributed by atoms with E-state index >= 15 is 0 Å². The van der Waals surface area contributed by atoms with E-state index in [9.17, 15) is 19.2 Å². The number of nitrogens with zero attached hydrogens (tertiary/aromatic N) is 3. The zero-order chi connectivity index (χ0) is 37.6. The average Bonchev–Trinajstić information content (AvgIpc) is 3.04. The SMILES string of the molecule is CC(C)[C@H](NC(=O)[C@H](CCCN=C(N)N)NC(=O)CCCCN=C(N)N)C(=O)N[C@@H](CCCN=C(N)N)C(=O)NCc1ccc(C(=N)N)cc1. The van der Waals surface area contributed by atoms with E-state index in [0.717, 1.165) is 5.56 Å². The molecule has 278 valence electrons. The van der Waals surface area contributed by atoms with Gasteiger partial charge < -0.3 is 61.4 Å². The Morgan fingerprint density at radius 1 is 0.660 bits per heavy atom. The summed E-state index contributed by atoms with van der Waals surface area (Å²) in [5.74, 6) is -2.71. The van der Waals surface area contributed by atoms with E-state index < -0.39 is 41.8 Å². The Labute approximate surface area is 292 Å². The monoisotopic (exact) mass is 701 g/mol. The highest BCUT2D eigenvalue weighted by atomic mass is 16.2. The van der Waals surface area contributed by atoms with E-state index in [-0.39, 0.29) is 68.5 Å². The first-order valence-corrected chi connectivity index (χ1v) is 16.4. The molecule has 0 saturated carbocycles. The standard InChI is InChI=1S/C31H55N15O4/c1-18(2)24(46-27(49)22(8-6-16-42-31(38)39)44-23(47)9-3-4-14-40-29(34)35)28(50)45-21(7-5-15-41-30(36)37)26(48)43-17-19-10-12-20(13-11-19)25(32)33/h10-13,18,21-22,24H,3-9,14-17H2,1-2H3,(H3,32,33)(H,43,48)(H,44,47)(H,45,50)(H,46,49)(H4,34,35,40)(H4,36,37,41)(H4,38,39,42)/t21-,22-,24-/m0/s1. The minimum absolute atomic E-state index is 0.0362. The summed E-state index contributed by atoms with van der Waals surface area (Å²) in [6.07, 6.45) is 2.31. The van der Waals surface area contributed by atoms with Gasteiger partial charge in [-0.05, 0) is 50.0 Å². The van der Waals surface area contributed by atoms with Crippen LogP contribution in [0.15, 0.2) is 39.2 Å².